The number of hydrogen-bond donors (Lipinski definition) is 3. The molecule has 8 nitrogen and oxygen atoms in total. The van der Waals surface area contributed by atoms with Crippen LogP contribution in [0.15, 0.2) is 30.5 Å². The first kappa shape index (κ1) is 17.0. The molecule has 1 heterocycles. The maximum absolute atomic E-state index is 12.2. The molecule has 124 valence electrons. The first-order valence-electron chi connectivity index (χ1n) is 7.15. The molecule has 8 heteroatoms. The number of fused-ring (bicyclic) bond motifs is 1. The van der Waals surface area contributed by atoms with Crippen LogP contribution in [0.5, 0.6) is 0 Å². The number of hydrogen-bond acceptors (Lipinski definition) is 5. The highest BCUT2D eigenvalue weighted by Gasteiger charge is 2.25. The van der Waals surface area contributed by atoms with Gasteiger partial charge in [0, 0.05) is 23.5 Å². The molecule has 1 aromatic carbocycles. The molecule has 1 atom stereocenters. The summed E-state index contributed by atoms with van der Waals surface area (Å²) in [5.74, 6) is -2.67. The van der Waals surface area contributed by atoms with Gasteiger partial charge < -0.3 is 20.4 Å². The lowest BCUT2D eigenvalue weighted by Gasteiger charge is -2.16. The van der Waals surface area contributed by atoms with Crippen molar-refractivity contribution in [2.45, 2.75) is 12.5 Å². The number of aromatic nitrogens is 1. The number of para-hydroxylation sites is 1. The van der Waals surface area contributed by atoms with Crippen molar-refractivity contribution in [3.05, 3.63) is 36.0 Å². The summed E-state index contributed by atoms with van der Waals surface area (Å²) in [4.78, 5) is 38.2. The van der Waals surface area contributed by atoms with E-state index in [9.17, 15) is 14.4 Å². The lowest BCUT2D eigenvalue weighted by molar-refractivity contribution is -0.153. The topological polar surface area (TPSA) is 124 Å². The Bertz CT molecular complexity index is 806. The van der Waals surface area contributed by atoms with Gasteiger partial charge in [0.25, 0.3) is 0 Å². The molecule has 24 heavy (non-hydrogen) atoms. The maximum atomic E-state index is 12.2. The summed E-state index contributed by atoms with van der Waals surface area (Å²) >= 11 is 0. The fourth-order valence-corrected chi connectivity index (χ4v) is 2.29. The highest BCUT2D eigenvalue weighted by atomic mass is 16.5. The SMILES string of the molecule is COC(=O)C(=O)NC(Cc1c[nH]c2ccccc12)C(=O)NCC#N. The van der Waals surface area contributed by atoms with Gasteiger partial charge in [-0.05, 0) is 11.6 Å². The Labute approximate surface area is 137 Å². The number of benzene rings is 1. The number of ether oxygens (including phenoxy) is 1. The molecule has 2 amide bonds. The van der Waals surface area contributed by atoms with Crippen LogP contribution in [0, 0.1) is 11.3 Å². The van der Waals surface area contributed by atoms with Crippen molar-refractivity contribution in [1.82, 2.24) is 15.6 Å². The molecule has 2 aromatic rings. The molecule has 0 aliphatic heterocycles. The second-order valence-electron chi connectivity index (χ2n) is 4.96. The van der Waals surface area contributed by atoms with E-state index in [0.717, 1.165) is 23.6 Å². The van der Waals surface area contributed by atoms with Crippen molar-refractivity contribution in [2.75, 3.05) is 13.7 Å². The number of esters is 1. The van der Waals surface area contributed by atoms with Gasteiger partial charge in [-0.2, -0.15) is 5.26 Å². The van der Waals surface area contributed by atoms with E-state index in [0.29, 0.717) is 0 Å². The predicted octanol–water partition coefficient (Wildman–Crippen LogP) is 0.00798. The summed E-state index contributed by atoms with van der Waals surface area (Å²) in [7, 11) is 1.08. The number of aromatic amines is 1. The summed E-state index contributed by atoms with van der Waals surface area (Å²) < 4.78 is 4.34. The van der Waals surface area contributed by atoms with Crippen molar-refractivity contribution < 1.29 is 19.1 Å². The van der Waals surface area contributed by atoms with Gasteiger partial charge in [0.05, 0.1) is 13.2 Å². The molecule has 1 aromatic heterocycles. The van der Waals surface area contributed by atoms with E-state index in [1.807, 2.05) is 24.3 Å². The molecule has 0 fully saturated rings. The van der Waals surface area contributed by atoms with Gasteiger partial charge in [-0.25, -0.2) is 4.79 Å². The number of nitriles is 1. The van der Waals surface area contributed by atoms with E-state index < -0.39 is 23.8 Å². The number of methoxy groups -OCH3 is 1. The quantitative estimate of drug-likeness (QED) is 0.405. The number of nitrogens with one attached hydrogen (secondary N) is 3. The van der Waals surface area contributed by atoms with Gasteiger partial charge >= 0.3 is 11.9 Å². The molecule has 3 N–H and O–H groups in total. The van der Waals surface area contributed by atoms with Crippen LogP contribution in [0.25, 0.3) is 10.9 Å². The number of carbonyl (C=O) groups is 3. The summed E-state index contributed by atoms with van der Waals surface area (Å²) in [6.07, 6.45) is 1.89. The molecule has 0 saturated heterocycles. The van der Waals surface area contributed by atoms with E-state index in [1.54, 1.807) is 12.3 Å². The van der Waals surface area contributed by atoms with Gasteiger partial charge in [-0.15, -0.1) is 0 Å². The predicted molar refractivity (Wildman–Crippen MR) is 84.6 cm³/mol. The van der Waals surface area contributed by atoms with Crippen molar-refractivity contribution in [3.63, 3.8) is 0 Å². The summed E-state index contributed by atoms with van der Waals surface area (Å²) in [5.41, 5.74) is 1.69. The fourth-order valence-electron chi connectivity index (χ4n) is 2.29. The fraction of sp³-hybridized carbons (Fsp3) is 0.250. The second kappa shape index (κ2) is 7.78. The van der Waals surface area contributed by atoms with Gasteiger partial charge in [-0.3, -0.25) is 9.59 Å². The van der Waals surface area contributed by atoms with Crippen LogP contribution in [-0.4, -0.2) is 42.5 Å². The van der Waals surface area contributed by atoms with Crippen LogP contribution in [0.2, 0.25) is 0 Å². The third-order valence-corrected chi connectivity index (χ3v) is 3.43. The number of H-pyrrole nitrogens is 1. The highest BCUT2D eigenvalue weighted by molar-refractivity contribution is 6.32. The molecule has 0 aliphatic rings. The van der Waals surface area contributed by atoms with Crippen molar-refractivity contribution in [1.29, 1.82) is 5.26 Å². The Kier molecular flexibility index (Phi) is 5.52. The zero-order valence-corrected chi connectivity index (χ0v) is 13.0. The molecule has 2 rings (SSSR count). The van der Waals surface area contributed by atoms with Crippen LogP contribution < -0.4 is 10.6 Å². The largest absolute Gasteiger partial charge is 0.462 e. The van der Waals surface area contributed by atoms with Crippen molar-refractivity contribution >= 4 is 28.7 Å². The number of nitrogens with zero attached hydrogens (tertiary/aromatic N) is 1. The average Bonchev–Trinajstić information content (AvgIpc) is 3.01. The summed E-state index contributed by atoms with van der Waals surface area (Å²) in [6, 6.07) is 8.28. The third kappa shape index (κ3) is 3.89. The van der Waals surface area contributed by atoms with Gasteiger partial charge in [0.2, 0.25) is 5.91 Å². The lowest BCUT2D eigenvalue weighted by atomic mass is 10.0. The molecule has 0 bridgehead atoms. The number of amides is 2. The molecule has 0 radical (unpaired) electrons. The zero-order valence-electron chi connectivity index (χ0n) is 13.0. The van der Waals surface area contributed by atoms with E-state index >= 15 is 0 Å². The standard InChI is InChI=1S/C16H16N4O4/c1-24-16(23)15(22)20-13(14(21)18-7-6-17)8-10-9-19-12-5-3-2-4-11(10)12/h2-5,9,13,19H,7-8H2,1H3,(H,18,21)(H,20,22). The second-order valence-corrected chi connectivity index (χ2v) is 4.96. The molecular weight excluding hydrogens is 312 g/mol. The lowest BCUT2D eigenvalue weighted by Crippen LogP contribution is -2.50. The molecule has 0 spiro atoms. The molecule has 0 saturated carbocycles. The zero-order chi connectivity index (χ0) is 17.5. The number of carbonyl (C=O) groups excluding carboxylic acids is 3. The normalized spacial score (nSPS) is 11.3. The first-order valence-corrected chi connectivity index (χ1v) is 7.15. The average molecular weight is 328 g/mol. The first-order chi connectivity index (χ1) is 11.6. The Balaban J connectivity index is 2.21. The van der Waals surface area contributed by atoms with Gasteiger partial charge in [-0.1, -0.05) is 18.2 Å². The minimum absolute atomic E-state index is 0.157. The monoisotopic (exact) mass is 328 g/mol. The van der Waals surface area contributed by atoms with E-state index in [-0.39, 0.29) is 13.0 Å². The van der Waals surface area contributed by atoms with Crippen molar-refractivity contribution in [3.8, 4) is 6.07 Å². The smallest absolute Gasteiger partial charge is 0.396 e. The van der Waals surface area contributed by atoms with Crippen LogP contribution >= 0.6 is 0 Å². The Morgan fingerprint density at radius 3 is 2.79 bits per heavy atom. The summed E-state index contributed by atoms with van der Waals surface area (Å²) in [5, 5.41) is 14.2. The molecule has 1 unspecified atom stereocenters. The Hall–Kier alpha value is -3.34. The third-order valence-electron chi connectivity index (χ3n) is 3.43. The molecular formula is C16H16N4O4. The van der Waals surface area contributed by atoms with Crippen LogP contribution in [-0.2, 0) is 25.5 Å². The number of rotatable bonds is 5. The van der Waals surface area contributed by atoms with Crippen LogP contribution in [0.3, 0.4) is 0 Å². The minimum Gasteiger partial charge on any atom is -0.462 e. The summed E-state index contributed by atoms with van der Waals surface area (Å²) in [6.45, 7) is -0.197. The van der Waals surface area contributed by atoms with Crippen LogP contribution in [0.4, 0.5) is 0 Å². The molecule has 0 aliphatic carbocycles. The maximum Gasteiger partial charge on any atom is 0.396 e. The van der Waals surface area contributed by atoms with Crippen LogP contribution in [0.1, 0.15) is 5.56 Å². The minimum atomic E-state index is -1.09. The highest BCUT2D eigenvalue weighted by Crippen LogP contribution is 2.19. The van der Waals surface area contributed by atoms with E-state index in [2.05, 4.69) is 20.4 Å². The Morgan fingerprint density at radius 2 is 2.08 bits per heavy atom. The Morgan fingerprint density at radius 1 is 1.33 bits per heavy atom. The van der Waals surface area contributed by atoms with Crippen molar-refractivity contribution in [2.24, 2.45) is 0 Å². The van der Waals surface area contributed by atoms with Gasteiger partial charge in [0.15, 0.2) is 0 Å². The van der Waals surface area contributed by atoms with E-state index in [4.69, 9.17) is 5.26 Å². The van der Waals surface area contributed by atoms with E-state index in [1.165, 1.54) is 0 Å². The van der Waals surface area contributed by atoms with Gasteiger partial charge in [0.1, 0.15) is 12.6 Å².